The predicted molar refractivity (Wildman–Crippen MR) is 68.0 cm³/mol. The molecule has 1 rings (SSSR count). The number of rotatable bonds is 3. The minimum absolute atomic E-state index is 0.0632. The van der Waals surface area contributed by atoms with Gasteiger partial charge in [-0.25, -0.2) is 9.59 Å². The number of hydrogen-bond donors (Lipinski definition) is 3. The van der Waals surface area contributed by atoms with Gasteiger partial charge in [-0.3, -0.25) is 0 Å². The van der Waals surface area contributed by atoms with Crippen LogP contribution in [0.5, 0.6) is 0 Å². The van der Waals surface area contributed by atoms with Gasteiger partial charge in [0, 0.05) is 0 Å². The second kappa shape index (κ2) is 6.29. The summed E-state index contributed by atoms with van der Waals surface area (Å²) in [6, 6.07) is -0.464. The van der Waals surface area contributed by atoms with Crippen LogP contribution < -0.4 is 10.6 Å². The minimum atomic E-state index is -1.14. The van der Waals surface area contributed by atoms with E-state index < -0.39 is 17.5 Å². The molecule has 100 valence electrons. The van der Waals surface area contributed by atoms with E-state index in [1.165, 1.54) is 0 Å². The Morgan fingerprint density at radius 1 is 1.44 bits per heavy atom. The Bertz CT molecular complexity index is 383. The molecular formula is C13H20N2O3. The Kier molecular flexibility index (Phi) is 5.02. The van der Waals surface area contributed by atoms with Crippen LogP contribution in [0.25, 0.3) is 0 Å². The second-order valence-electron chi connectivity index (χ2n) is 4.66. The maximum absolute atomic E-state index is 11.7. The van der Waals surface area contributed by atoms with Crippen molar-refractivity contribution in [1.29, 1.82) is 0 Å². The topological polar surface area (TPSA) is 78.4 Å². The molecule has 0 bridgehead atoms. The lowest BCUT2D eigenvalue weighted by Crippen LogP contribution is -2.61. The molecular weight excluding hydrogens is 232 g/mol. The van der Waals surface area contributed by atoms with Gasteiger partial charge in [0.15, 0.2) is 0 Å². The molecule has 1 saturated carbocycles. The summed E-state index contributed by atoms with van der Waals surface area (Å²) in [5, 5.41) is 14.6. The van der Waals surface area contributed by atoms with Gasteiger partial charge in [-0.05, 0) is 25.7 Å². The van der Waals surface area contributed by atoms with E-state index in [0.29, 0.717) is 6.42 Å². The molecule has 1 aliphatic carbocycles. The van der Waals surface area contributed by atoms with E-state index in [4.69, 9.17) is 0 Å². The van der Waals surface area contributed by atoms with Gasteiger partial charge in [0.2, 0.25) is 0 Å². The molecule has 2 atom stereocenters. The first-order valence-corrected chi connectivity index (χ1v) is 6.22. The normalized spacial score (nSPS) is 26.7. The second-order valence-corrected chi connectivity index (χ2v) is 4.66. The fraction of sp³-hybridized carbons (Fsp3) is 0.692. The fourth-order valence-electron chi connectivity index (χ4n) is 2.36. The molecule has 2 amide bonds. The first kappa shape index (κ1) is 14.4. The number of carboxylic acid groups (broad SMARTS) is 1. The zero-order valence-electron chi connectivity index (χ0n) is 10.9. The highest BCUT2D eigenvalue weighted by Crippen LogP contribution is 2.33. The number of amides is 2. The van der Waals surface area contributed by atoms with Crippen molar-refractivity contribution in [2.45, 2.75) is 45.1 Å². The number of aliphatic carboxylic acids is 1. The summed E-state index contributed by atoms with van der Waals surface area (Å²) in [7, 11) is 0. The minimum Gasteiger partial charge on any atom is -0.479 e. The first-order valence-electron chi connectivity index (χ1n) is 6.22. The Hall–Kier alpha value is -1.70. The number of hydrogen-bond acceptors (Lipinski definition) is 2. The van der Waals surface area contributed by atoms with Gasteiger partial charge in [-0.1, -0.05) is 25.7 Å². The molecule has 18 heavy (non-hydrogen) atoms. The smallest absolute Gasteiger partial charge is 0.329 e. The summed E-state index contributed by atoms with van der Waals surface area (Å²) >= 11 is 0. The third-order valence-electron chi connectivity index (χ3n) is 3.53. The molecule has 5 nitrogen and oxygen atoms in total. The maximum atomic E-state index is 11.7. The van der Waals surface area contributed by atoms with Crippen molar-refractivity contribution >= 4 is 12.0 Å². The van der Waals surface area contributed by atoms with Gasteiger partial charge in [-0.2, -0.15) is 0 Å². The Labute approximate surface area is 107 Å². The molecule has 0 aromatic carbocycles. The van der Waals surface area contributed by atoms with Gasteiger partial charge in [-0.15, -0.1) is 5.92 Å². The lowest BCUT2D eigenvalue weighted by atomic mass is 9.73. The van der Waals surface area contributed by atoms with Gasteiger partial charge in [0.05, 0.1) is 6.54 Å². The molecule has 0 spiro atoms. The van der Waals surface area contributed by atoms with Gasteiger partial charge in [0.1, 0.15) is 5.54 Å². The Balaban J connectivity index is 2.69. The molecule has 1 fully saturated rings. The Morgan fingerprint density at radius 3 is 2.72 bits per heavy atom. The zero-order chi connectivity index (χ0) is 13.6. The molecule has 0 aliphatic heterocycles. The number of carbonyl (C=O) groups is 2. The van der Waals surface area contributed by atoms with Gasteiger partial charge in [0.25, 0.3) is 0 Å². The summed E-state index contributed by atoms with van der Waals surface area (Å²) in [6.07, 6.45) is 3.14. The largest absolute Gasteiger partial charge is 0.479 e. The predicted octanol–water partition coefficient (Wildman–Crippen LogP) is 1.34. The van der Waals surface area contributed by atoms with Crippen LogP contribution in [-0.2, 0) is 4.79 Å². The van der Waals surface area contributed by atoms with Crippen molar-refractivity contribution in [3.05, 3.63) is 0 Å². The Morgan fingerprint density at radius 2 is 2.17 bits per heavy atom. The molecule has 0 heterocycles. The zero-order valence-corrected chi connectivity index (χ0v) is 10.9. The highest BCUT2D eigenvalue weighted by Gasteiger charge is 2.46. The van der Waals surface area contributed by atoms with Crippen molar-refractivity contribution in [3.63, 3.8) is 0 Å². The molecule has 1 aliphatic rings. The molecule has 5 heteroatoms. The standard InChI is InChI=1S/C13H20N2O3/c1-3-4-9-14-12(18)15-13(11(16)17)8-6-5-7-10(13)2/h10H,5-9H2,1-2H3,(H,16,17)(H2,14,15,18). The van der Waals surface area contributed by atoms with Crippen LogP contribution in [0.2, 0.25) is 0 Å². The van der Waals surface area contributed by atoms with Crippen molar-refractivity contribution in [3.8, 4) is 11.8 Å². The fourth-order valence-corrected chi connectivity index (χ4v) is 2.36. The van der Waals surface area contributed by atoms with Gasteiger partial charge < -0.3 is 15.7 Å². The van der Waals surface area contributed by atoms with E-state index in [9.17, 15) is 14.7 Å². The third-order valence-corrected chi connectivity index (χ3v) is 3.53. The number of carboxylic acids is 1. The van der Waals surface area contributed by atoms with Crippen LogP contribution in [0, 0.1) is 17.8 Å². The summed E-state index contributed by atoms with van der Waals surface area (Å²) < 4.78 is 0. The monoisotopic (exact) mass is 252 g/mol. The maximum Gasteiger partial charge on any atom is 0.329 e. The quantitative estimate of drug-likeness (QED) is 0.663. The highest BCUT2D eigenvalue weighted by atomic mass is 16.4. The number of nitrogens with one attached hydrogen (secondary N) is 2. The molecule has 2 unspecified atom stereocenters. The van der Waals surface area contributed by atoms with Crippen LogP contribution in [0.15, 0.2) is 0 Å². The van der Waals surface area contributed by atoms with E-state index in [1.54, 1.807) is 6.92 Å². The van der Waals surface area contributed by atoms with E-state index in [1.807, 2.05) is 6.92 Å². The summed E-state index contributed by atoms with van der Waals surface area (Å²) in [6.45, 7) is 3.79. The van der Waals surface area contributed by atoms with Crippen LogP contribution in [0.1, 0.15) is 39.5 Å². The first-order chi connectivity index (χ1) is 8.53. The molecule has 0 saturated heterocycles. The lowest BCUT2D eigenvalue weighted by Gasteiger charge is -2.39. The summed E-state index contributed by atoms with van der Waals surface area (Å²) in [5.41, 5.74) is -1.14. The number of carbonyl (C=O) groups excluding carboxylic acids is 1. The summed E-state index contributed by atoms with van der Waals surface area (Å²) in [5.74, 6) is 4.34. The molecule has 0 radical (unpaired) electrons. The van der Waals surface area contributed by atoms with Crippen molar-refractivity contribution in [2.75, 3.05) is 6.54 Å². The SMILES string of the molecule is CC#CCNC(=O)NC1(C(=O)O)CCCCC1C. The van der Waals surface area contributed by atoms with Crippen molar-refractivity contribution in [2.24, 2.45) is 5.92 Å². The van der Waals surface area contributed by atoms with E-state index in [0.717, 1.165) is 19.3 Å². The molecule has 3 N–H and O–H groups in total. The average molecular weight is 252 g/mol. The third kappa shape index (κ3) is 3.16. The molecule has 0 aromatic rings. The average Bonchev–Trinajstić information content (AvgIpc) is 2.32. The van der Waals surface area contributed by atoms with Crippen molar-refractivity contribution in [1.82, 2.24) is 10.6 Å². The van der Waals surface area contributed by atoms with E-state index in [2.05, 4.69) is 22.5 Å². The van der Waals surface area contributed by atoms with Crippen LogP contribution in [0.3, 0.4) is 0 Å². The highest BCUT2D eigenvalue weighted by molar-refractivity contribution is 5.86. The molecule has 0 aromatic heterocycles. The van der Waals surface area contributed by atoms with Crippen LogP contribution in [-0.4, -0.2) is 29.2 Å². The summed E-state index contributed by atoms with van der Waals surface area (Å²) in [4.78, 5) is 23.2. The van der Waals surface area contributed by atoms with E-state index in [-0.39, 0.29) is 12.5 Å². The van der Waals surface area contributed by atoms with Crippen LogP contribution >= 0.6 is 0 Å². The van der Waals surface area contributed by atoms with Gasteiger partial charge >= 0.3 is 12.0 Å². The van der Waals surface area contributed by atoms with Crippen LogP contribution in [0.4, 0.5) is 4.79 Å². The van der Waals surface area contributed by atoms with E-state index >= 15 is 0 Å². The van der Waals surface area contributed by atoms with Crippen molar-refractivity contribution < 1.29 is 14.7 Å². The lowest BCUT2D eigenvalue weighted by molar-refractivity contribution is -0.148. The number of urea groups is 1.